The lowest BCUT2D eigenvalue weighted by atomic mass is 10.1. The van der Waals surface area contributed by atoms with Crippen LogP contribution in [0.4, 0.5) is 5.69 Å². The highest BCUT2D eigenvalue weighted by Crippen LogP contribution is 2.13. The maximum Gasteiger partial charge on any atom is 0.236 e. The second-order valence-electron chi connectivity index (χ2n) is 9.51. The summed E-state index contributed by atoms with van der Waals surface area (Å²) in [5.41, 5.74) is 2.07. The maximum atomic E-state index is 12.7. The van der Waals surface area contributed by atoms with Crippen molar-refractivity contribution in [3.63, 3.8) is 0 Å². The van der Waals surface area contributed by atoms with E-state index >= 15 is 0 Å². The number of hydrogen-bond acceptors (Lipinski definition) is 5. The molecule has 0 aromatic heterocycles. The second-order valence-corrected chi connectivity index (χ2v) is 9.51. The molecule has 1 fully saturated rings. The zero-order valence-electron chi connectivity index (χ0n) is 19.6. The molecule has 1 aromatic rings. The zero-order chi connectivity index (χ0) is 22.3. The molecule has 1 aliphatic heterocycles. The fourth-order valence-corrected chi connectivity index (χ4v) is 3.58. The molecule has 0 bridgehead atoms. The lowest BCUT2D eigenvalue weighted by Crippen LogP contribution is -2.46. The molecule has 1 aliphatic rings. The predicted octanol–water partition coefficient (Wildman–Crippen LogP) is 1.63. The van der Waals surface area contributed by atoms with Crippen LogP contribution in [-0.4, -0.2) is 92.5 Å². The first-order valence-electron chi connectivity index (χ1n) is 10.8. The zero-order valence-corrected chi connectivity index (χ0v) is 19.6. The minimum absolute atomic E-state index is 0.0621. The summed E-state index contributed by atoms with van der Waals surface area (Å²) in [5, 5.41) is 3.02. The van der Waals surface area contributed by atoms with Crippen molar-refractivity contribution in [3.8, 4) is 0 Å². The normalized spacial score (nSPS) is 16.1. The highest BCUT2D eigenvalue weighted by molar-refractivity contribution is 5.79. The number of nitrogens with zero attached hydrogens (tertiary/aromatic N) is 4. The fourth-order valence-electron chi connectivity index (χ4n) is 3.58. The van der Waals surface area contributed by atoms with Crippen molar-refractivity contribution in [1.82, 2.24) is 20.0 Å². The summed E-state index contributed by atoms with van der Waals surface area (Å²) >= 11 is 0. The van der Waals surface area contributed by atoms with Gasteiger partial charge in [-0.15, -0.1) is 0 Å². The average Bonchev–Trinajstić information content (AvgIpc) is 2.85. The minimum Gasteiger partial charge on any atom is -0.378 e. The van der Waals surface area contributed by atoms with E-state index in [1.807, 2.05) is 41.9 Å². The Bertz CT molecular complexity index is 697. The lowest BCUT2D eigenvalue weighted by molar-refractivity contribution is -0.131. The van der Waals surface area contributed by atoms with Crippen molar-refractivity contribution in [3.05, 3.63) is 29.8 Å². The second kappa shape index (κ2) is 10.8. The van der Waals surface area contributed by atoms with Gasteiger partial charge in [0.1, 0.15) is 0 Å². The van der Waals surface area contributed by atoms with Crippen LogP contribution >= 0.6 is 0 Å². The topological polar surface area (TPSA) is 59.1 Å². The Balaban J connectivity index is 1.79. The van der Waals surface area contributed by atoms with E-state index in [1.165, 1.54) is 0 Å². The average molecular weight is 418 g/mol. The minimum atomic E-state index is -0.210. The molecule has 1 saturated heterocycles. The van der Waals surface area contributed by atoms with Gasteiger partial charge < -0.3 is 15.1 Å². The predicted molar refractivity (Wildman–Crippen MR) is 123 cm³/mol. The van der Waals surface area contributed by atoms with Crippen LogP contribution in [0, 0.1) is 0 Å². The van der Waals surface area contributed by atoms with Gasteiger partial charge >= 0.3 is 0 Å². The molecule has 30 heavy (non-hydrogen) atoms. The van der Waals surface area contributed by atoms with E-state index in [-0.39, 0.29) is 17.4 Å². The molecule has 1 heterocycles. The van der Waals surface area contributed by atoms with Crippen molar-refractivity contribution >= 4 is 17.5 Å². The molecule has 0 spiro atoms. The highest BCUT2D eigenvalue weighted by atomic mass is 16.2. The number of rotatable bonds is 7. The van der Waals surface area contributed by atoms with E-state index in [2.05, 4.69) is 44.3 Å². The number of carbonyl (C=O) groups excluding carboxylic acids is 2. The maximum absolute atomic E-state index is 12.7. The highest BCUT2D eigenvalue weighted by Gasteiger charge is 2.21. The Morgan fingerprint density at radius 1 is 0.933 bits per heavy atom. The van der Waals surface area contributed by atoms with Gasteiger partial charge in [0.25, 0.3) is 0 Å². The van der Waals surface area contributed by atoms with Crippen LogP contribution in [0.5, 0.6) is 0 Å². The van der Waals surface area contributed by atoms with E-state index in [4.69, 9.17) is 0 Å². The Labute approximate surface area is 182 Å². The Hall–Kier alpha value is -2.12. The number of benzene rings is 1. The third-order valence-corrected chi connectivity index (χ3v) is 5.22. The molecule has 7 nitrogen and oxygen atoms in total. The summed E-state index contributed by atoms with van der Waals surface area (Å²) in [6.45, 7) is 10.8. The fraction of sp³-hybridized carbons (Fsp3) is 0.652. The van der Waals surface area contributed by atoms with Gasteiger partial charge in [0, 0.05) is 52.0 Å². The number of likely N-dealkylation sites (N-methyl/N-ethyl adjacent to an activating group) is 1. The lowest BCUT2D eigenvalue weighted by Gasteiger charge is -2.25. The van der Waals surface area contributed by atoms with Crippen LogP contribution < -0.4 is 10.2 Å². The molecule has 1 aromatic carbocycles. The molecule has 7 heteroatoms. The first-order valence-corrected chi connectivity index (χ1v) is 10.8. The molecular formula is C23H39N5O2. The first kappa shape index (κ1) is 24.2. The molecule has 2 amide bonds. The van der Waals surface area contributed by atoms with Crippen molar-refractivity contribution in [1.29, 1.82) is 0 Å². The van der Waals surface area contributed by atoms with Gasteiger partial charge in [-0.1, -0.05) is 12.1 Å². The first-order chi connectivity index (χ1) is 14.0. The SMILES string of the molecule is CN(Cc1ccc(N(C)C)cc1)C(=O)CN1CCCN(CC(=O)NC(C)(C)C)CC1. The molecule has 0 saturated carbocycles. The van der Waals surface area contributed by atoms with Gasteiger partial charge in [0.05, 0.1) is 13.1 Å². The summed E-state index contributed by atoms with van der Waals surface area (Å²) in [6, 6.07) is 8.30. The smallest absolute Gasteiger partial charge is 0.236 e. The van der Waals surface area contributed by atoms with E-state index in [9.17, 15) is 9.59 Å². The molecule has 168 valence electrons. The summed E-state index contributed by atoms with van der Waals surface area (Å²) in [5.74, 6) is 0.192. The molecule has 0 unspecified atom stereocenters. The molecule has 0 atom stereocenters. The van der Waals surface area contributed by atoms with Crippen molar-refractivity contribution in [2.24, 2.45) is 0 Å². The van der Waals surface area contributed by atoms with Crippen LogP contribution in [-0.2, 0) is 16.1 Å². The molecule has 1 N–H and O–H groups in total. The van der Waals surface area contributed by atoms with Gasteiger partial charge in [-0.05, 0) is 58.0 Å². The quantitative estimate of drug-likeness (QED) is 0.731. The van der Waals surface area contributed by atoms with Crippen LogP contribution in [0.15, 0.2) is 24.3 Å². The number of hydrogen-bond donors (Lipinski definition) is 1. The summed E-state index contributed by atoms with van der Waals surface area (Å²) in [6.07, 6.45) is 0.964. The molecular weight excluding hydrogens is 378 g/mol. The number of carbonyl (C=O) groups is 2. The number of anilines is 1. The van der Waals surface area contributed by atoms with Gasteiger partial charge in [-0.25, -0.2) is 0 Å². The van der Waals surface area contributed by atoms with Crippen molar-refractivity contribution in [2.75, 3.05) is 65.3 Å². The Kier molecular flexibility index (Phi) is 8.67. The summed E-state index contributed by atoms with van der Waals surface area (Å²) < 4.78 is 0. The number of nitrogens with one attached hydrogen (secondary N) is 1. The van der Waals surface area contributed by atoms with E-state index in [0.29, 0.717) is 19.6 Å². The summed E-state index contributed by atoms with van der Waals surface area (Å²) in [4.78, 5) is 33.2. The van der Waals surface area contributed by atoms with Crippen LogP contribution in [0.25, 0.3) is 0 Å². The Morgan fingerprint density at radius 2 is 1.50 bits per heavy atom. The van der Waals surface area contributed by atoms with Gasteiger partial charge in [-0.3, -0.25) is 19.4 Å². The largest absolute Gasteiger partial charge is 0.378 e. The van der Waals surface area contributed by atoms with E-state index < -0.39 is 0 Å². The van der Waals surface area contributed by atoms with Crippen molar-refractivity contribution < 1.29 is 9.59 Å². The Morgan fingerprint density at radius 3 is 2.03 bits per heavy atom. The number of amides is 2. The third kappa shape index (κ3) is 8.32. The molecule has 2 rings (SSSR count). The van der Waals surface area contributed by atoms with Gasteiger partial charge in [0.2, 0.25) is 11.8 Å². The molecule has 0 aliphatic carbocycles. The third-order valence-electron chi connectivity index (χ3n) is 5.22. The van der Waals surface area contributed by atoms with Gasteiger partial charge in [0.15, 0.2) is 0 Å². The van der Waals surface area contributed by atoms with Crippen LogP contribution in [0.1, 0.15) is 32.8 Å². The summed E-state index contributed by atoms with van der Waals surface area (Å²) in [7, 11) is 5.90. The molecule has 0 radical (unpaired) electrons. The van der Waals surface area contributed by atoms with Crippen LogP contribution in [0.3, 0.4) is 0 Å². The van der Waals surface area contributed by atoms with Crippen molar-refractivity contribution in [2.45, 2.75) is 39.3 Å². The standard InChI is InChI=1S/C23H39N5O2/c1-23(2,3)24-21(29)17-27-12-7-13-28(15-14-27)18-22(30)26(6)16-19-8-10-20(11-9-19)25(4)5/h8-11H,7,12-18H2,1-6H3,(H,24,29). The van der Waals surface area contributed by atoms with E-state index in [0.717, 1.165) is 43.9 Å². The van der Waals surface area contributed by atoms with Crippen LogP contribution in [0.2, 0.25) is 0 Å². The van der Waals surface area contributed by atoms with Gasteiger partial charge in [-0.2, -0.15) is 0 Å². The van der Waals surface area contributed by atoms with E-state index in [1.54, 1.807) is 4.90 Å². The monoisotopic (exact) mass is 417 g/mol.